The topological polar surface area (TPSA) is 29.5 Å². The Kier molecular flexibility index (Phi) is 3.27. The molecule has 1 amide bonds. The summed E-state index contributed by atoms with van der Waals surface area (Å²) >= 11 is 5.87. The van der Waals surface area contributed by atoms with Crippen LogP contribution in [-0.2, 0) is 9.53 Å². The summed E-state index contributed by atoms with van der Waals surface area (Å²) < 4.78 is 5.75. The molecule has 3 rings (SSSR count). The Hall–Kier alpha value is -1.06. The lowest BCUT2D eigenvalue weighted by Gasteiger charge is -2.33. The largest absolute Gasteiger partial charge is 0.370 e. The highest BCUT2D eigenvalue weighted by Gasteiger charge is 2.35. The number of halogens is 1. The van der Waals surface area contributed by atoms with E-state index in [0.717, 1.165) is 30.0 Å². The molecule has 1 aliphatic heterocycles. The first-order chi connectivity index (χ1) is 8.74. The molecule has 1 atom stereocenters. The second kappa shape index (κ2) is 4.90. The molecule has 96 valence electrons. The Balaban J connectivity index is 1.69. The summed E-state index contributed by atoms with van der Waals surface area (Å²) in [6.07, 6.45) is 2.10. The van der Waals surface area contributed by atoms with Gasteiger partial charge in [0.05, 0.1) is 13.2 Å². The molecule has 4 heteroatoms. The minimum Gasteiger partial charge on any atom is -0.370 e. The first kappa shape index (κ1) is 12.0. The van der Waals surface area contributed by atoms with Crippen molar-refractivity contribution < 1.29 is 9.53 Å². The molecule has 2 aliphatic rings. The Bertz CT molecular complexity index is 442. The number of hydrogen-bond acceptors (Lipinski definition) is 2. The van der Waals surface area contributed by atoms with Gasteiger partial charge < -0.3 is 9.64 Å². The number of benzene rings is 1. The maximum Gasteiger partial charge on any atom is 0.225 e. The minimum absolute atomic E-state index is 0.0151. The molecule has 0 N–H and O–H groups in total. The van der Waals surface area contributed by atoms with E-state index in [0.29, 0.717) is 19.1 Å². The third-order valence-corrected chi connectivity index (χ3v) is 3.80. The molecular weight excluding hydrogens is 250 g/mol. The van der Waals surface area contributed by atoms with Crippen LogP contribution in [0.15, 0.2) is 24.3 Å². The summed E-state index contributed by atoms with van der Waals surface area (Å²) in [6.45, 7) is 2.00. The molecule has 0 radical (unpaired) electrons. The normalized spacial score (nSPS) is 24.1. The Morgan fingerprint density at radius 3 is 2.67 bits per heavy atom. The van der Waals surface area contributed by atoms with Crippen LogP contribution in [0.25, 0.3) is 0 Å². The van der Waals surface area contributed by atoms with Crippen molar-refractivity contribution in [3.63, 3.8) is 0 Å². The zero-order chi connectivity index (χ0) is 12.5. The number of hydrogen-bond donors (Lipinski definition) is 0. The first-order valence-electron chi connectivity index (χ1n) is 6.40. The number of ether oxygens (including phenoxy) is 1. The second-order valence-electron chi connectivity index (χ2n) is 4.97. The maximum atomic E-state index is 12.0. The van der Waals surface area contributed by atoms with Crippen molar-refractivity contribution in [2.24, 2.45) is 5.92 Å². The molecular formula is C14H16ClNO2. The van der Waals surface area contributed by atoms with Crippen LogP contribution in [0.5, 0.6) is 0 Å². The third-order valence-electron chi connectivity index (χ3n) is 3.55. The smallest absolute Gasteiger partial charge is 0.225 e. The van der Waals surface area contributed by atoms with Gasteiger partial charge in [-0.15, -0.1) is 0 Å². The van der Waals surface area contributed by atoms with Gasteiger partial charge in [-0.25, -0.2) is 0 Å². The van der Waals surface area contributed by atoms with Gasteiger partial charge in [0.25, 0.3) is 0 Å². The van der Waals surface area contributed by atoms with E-state index < -0.39 is 0 Å². The molecule has 1 saturated carbocycles. The fraction of sp³-hybridized carbons (Fsp3) is 0.500. The van der Waals surface area contributed by atoms with Crippen LogP contribution < -0.4 is 0 Å². The highest BCUT2D eigenvalue weighted by Crippen LogP contribution is 2.33. The molecule has 3 nitrogen and oxygen atoms in total. The summed E-state index contributed by atoms with van der Waals surface area (Å²) in [6, 6.07) is 7.67. The number of nitrogens with zero attached hydrogens (tertiary/aromatic N) is 1. The van der Waals surface area contributed by atoms with E-state index >= 15 is 0 Å². The molecule has 1 aromatic rings. The highest BCUT2D eigenvalue weighted by molar-refractivity contribution is 6.30. The molecule has 1 unspecified atom stereocenters. The van der Waals surface area contributed by atoms with Gasteiger partial charge in [0.2, 0.25) is 5.91 Å². The number of carbonyl (C=O) groups excluding carboxylic acids is 1. The lowest BCUT2D eigenvalue weighted by Crippen LogP contribution is -2.42. The molecule has 1 heterocycles. The fourth-order valence-electron chi connectivity index (χ4n) is 2.32. The number of rotatable bonds is 2. The summed E-state index contributed by atoms with van der Waals surface area (Å²) in [4.78, 5) is 14.0. The third kappa shape index (κ3) is 2.52. The summed E-state index contributed by atoms with van der Waals surface area (Å²) in [5.74, 6) is 0.589. The van der Waals surface area contributed by atoms with Crippen molar-refractivity contribution in [2.75, 3.05) is 19.7 Å². The van der Waals surface area contributed by atoms with Crippen molar-refractivity contribution >= 4 is 17.5 Å². The molecule has 1 aliphatic carbocycles. The SMILES string of the molecule is O=C(C1CC1)N1CCOC(c2ccc(Cl)cc2)C1. The van der Waals surface area contributed by atoms with E-state index in [4.69, 9.17) is 16.3 Å². The average molecular weight is 266 g/mol. The molecule has 1 aromatic carbocycles. The van der Waals surface area contributed by atoms with Gasteiger partial charge >= 0.3 is 0 Å². The summed E-state index contributed by atoms with van der Waals surface area (Å²) in [5.41, 5.74) is 1.09. The molecule has 0 aromatic heterocycles. The average Bonchev–Trinajstić information content (AvgIpc) is 3.23. The monoisotopic (exact) mass is 265 g/mol. The Labute approximate surface area is 112 Å². The highest BCUT2D eigenvalue weighted by atomic mass is 35.5. The van der Waals surface area contributed by atoms with Crippen molar-refractivity contribution in [2.45, 2.75) is 18.9 Å². The van der Waals surface area contributed by atoms with Crippen LogP contribution in [0.2, 0.25) is 5.02 Å². The molecule has 0 spiro atoms. The van der Waals surface area contributed by atoms with E-state index in [9.17, 15) is 4.79 Å². The van der Waals surface area contributed by atoms with Crippen LogP contribution in [0.4, 0.5) is 0 Å². The van der Waals surface area contributed by atoms with Gasteiger partial charge in [-0.05, 0) is 30.5 Å². The summed E-state index contributed by atoms with van der Waals surface area (Å²) in [7, 11) is 0. The van der Waals surface area contributed by atoms with Crippen molar-refractivity contribution in [3.8, 4) is 0 Å². The quantitative estimate of drug-likeness (QED) is 0.823. The van der Waals surface area contributed by atoms with Crippen LogP contribution in [0.3, 0.4) is 0 Å². The van der Waals surface area contributed by atoms with Gasteiger partial charge in [0, 0.05) is 17.5 Å². The van der Waals surface area contributed by atoms with Crippen LogP contribution in [0.1, 0.15) is 24.5 Å². The van der Waals surface area contributed by atoms with Gasteiger partial charge in [0.15, 0.2) is 0 Å². The molecule has 0 bridgehead atoms. The molecule has 18 heavy (non-hydrogen) atoms. The Morgan fingerprint density at radius 2 is 2.00 bits per heavy atom. The van der Waals surface area contributed by atoms with Crippen molar-refractivity contribution in [1.29, 1.82) is 0 Å². The van der Waals surface area contributed by atoms with Crippen molar-refractivity contribution in [3.05, 3.63) is 34.9 Å². The van der Waals surface area contributed by atoms with Crippen molar-refractivity contribution in [1.82, 2.24) is 4.90 Å². The molecule has 1 saturated heterocycles. The van der Waals surface area contributed by atoms with Gasteiger partial charge in [0.1, 0.15) is 6.10 Å². The van der Waals surface area contributed by atoms with Gasteiger partial charge in [-0.2, -0.15) is 0 Å². The van der Waals surface area contributed by atoms with Crippen LogP contribution in [-0.4, -0.2) is 30.5 Å². The van der Waals surface area contributed by atoms with Gasteiger partial charge in [-0.1, -0.05) is 23.7 Å². The zero-order valence-corrected chi connectivity index (χ0v) is 10.9. The second-order valence-corrected chi connectivity index (χ2v) is 5.41. The lowest BCUT2D eigenvalue weighted by molar-refractivity contribution is -0.140. The predicted octanol–water partition coefficient (Wildman–Crippen LogP) is 2.65. The summed E-state index contributed by atoms with van der Waals surface area (Å²) in [5, 5.41) is 0.723. The lowest BCUT2D eigenvalue weighted by atomic mass is 10.1. The minimum atomic E-state index is -0.0151. The fourth-order valence-corrected chi connectivity index (χ4v) is 2.44. The van der Waals surface area contributed by atoms with Crippen LogP contribution in [0, 0.1) is 5.92 Å². The Morgan fingerprint density at radius 1 is 1.28 bits per heavy atom. The van der Waals surface area contributed by atoms with Gasteiger partial charge in [-0.3, -0.25) is 4.79 Å². The number of morpholine rings is 1. The first-order valence-corrected chi connectivity index (χ1v) is 6.77. The van der Waals surface area contributed by atoms with E-state index in [-0.39, 0.29) is 12.0 Å². The molecule has 2 fully saturated rings. The van der Waals surface area contributed by atoms with Crippen LogP contribution >= 0.6 is 11.6 Å². The standard InChI is InChI=1S/C14H16ClNO2/c15-12-5-3-10(4-6-12)13-9-16(7-8-18-13)14(17)11-1-2-11/h3-6,11,13H,1-2,7-9H2. The maximum absolute atomic E-state index is 12.0. The van der Waals surface area contributed by atoms with E-state index in [2.05, 4.69) is 0 Å². The predicted molar refractivity (Wildman–Crippen MR) is 69.4 cm³/mol. The van der Waals surface area contributed by atoms with E-state index in [1.807, 2.05) is 29.2 Å². The number of carbonyl (C=O) groups is 1. The zero-order valence-electron chi connectivity index (χ0n) is 10.1. The van der Waals surface area contributed by atoms with E-state index in [1.165, 1.54) is 0 Å². The van der Waals surface area contributed by atoms with E-state index in [1.54, 1.807) is 0 Å². The number of amides is 1.